The number of hydrogen-bond donors (Lipinski definition) is 0. The first kappa shape index (κ1) is 14.6. The molecule has 0 saturated heterocycles. The van der Waals surface area contributed by atoms with Crippen LogP contribution in [0.25, 0.3) is 0 Å². The van der Waals surface area contributed by atoms with E-state index in [1.165, 1.54) is 22.5 Å². The van der Waals surface area contributed by atoms with E-state index in [4.69, 9.17) is 4.74 Å². The fraction of sp³-hybridized carbons (Fsp3) is 0.364. The van der Waals surface area contributed by atoms with E-state index in [9.17, 15) is 13.2 Å². The van der Waals surface area contributed by atoms with Gasteiger partial charge in [-0.3, -0.25) is 0 Å². The normalized spacial score (nSPS) is 11.6. The molecule has 0 amide bonds. The van der Waals surface area contributed by atoms with Gasteiger partial charge in [-0.15, -0.1) is 5.10 Å². The molecule has 0 bridgehead atoms. The SMILES string of the molecule is Cn1nnnc1SCc1cccc(OCC(F)(F)F)c1. The van der Waals surface area contributed by atoms with Crippen LogP contribution in [0.15, 0.2) is 29.4 Å². The number of benzene rings is 1. The number of alkyl halides is 3. The second-order valence-corrected chi connectivity index (χ2v) is 4.87. The lowest BCUT2D eigenvalue weighted by Crippen LogP contribution is -2.19. The van der Waals surface area contributed by atoms with E-state index in [1.807, 2.05) is 0 Å². The Kier molecular flexibility index (Phi) is 4.48. The van der Waals surface area contributed by atoms with Gasteiger partial charge >= 0.3 is 6.18 Å². The molecule has 5 nitrogen and oxygen atoms in total. The molecule has 0 saturated carbocycles. The van der Waals surface area contributed by atoms with Crippen LogP contribution in [-0.2, 0) is 12.8 Å². The van der Waals surface area contributed by atoms with Gasteiger partial charge in [-0.2, -0.15) is 13.2 Å². The zero-order valence-electron chi connectivity index (χ0n) is 10.5. The van der Waals surface area contributed by atoms with Crippen molar-refractivity contribution in [3.05, 3.63) is 29.8 Å². The van der Waals surface area contributed by atoms with E-state index >= 15 is 0 Å². The van der Waals surface area contributed by atoms with E-state index in [2.05, 4.69) is 15.5 Å². The van der Waals surface area contributed by atoms with Crippen molar-refractivity contribution in [1.82, 2.24) is 20.2 Å². The average molecular weight is 304 g/mol. The summed E-state index contributed by atoms with van der Waals surface area (Å²) in [6.45, 7) is -1.29. The molecule has 0 radical (unpaired) electrons. The van der Waals surface area contributed by atoms with Gasteiger partial charge in [0.15, 0.2) is 6.61 Å². The highest BCUT2D eigenvalue weighted by atomic mass is 32.2. The Hall–Kier alpha value is -1.77. The van der Waals surface area contributed by atoms with Gasteiger partial charge in [-0.25, -0.2) is 4.68 Å². The lowest BCUT2D eigenvalue weighted by molar-refractivity contribution is -0.153. The van der Waals surface area contributed by atoms with E-state index < -0.39 is 12.8 Å². The fourth-order valence-corrected chi connectivity index (χ4v) is 2.17. The molecule has 108 valence electrons. The Morgan fingerprint density at radius 3 is 2.80 bits per heavy atom. The number of ether oxygens (including phenoxy) is 1. The lowest BCUT2D eigenvalue weighted by Gasteiger charge is -2.10. The highest BCUT2D eigenvalue weighted by Gasteiger charge is 2.28. The molecular formula is C11H11F3N4OS. The highest BCUT2D eigenvalue weighted by Crippen LogP contribution is 2.23. The minimum atomic E-state index is -4.34. The van der Waals surface area contributed by atoms with Gasteiger partial charge < -0.3 is 4.74 Å². The molecule has 2 aromatic rings. The molecule has 0 atom stereocenters. The summed E-state index contributed by atoms with van der Waals surface area (Å²) < 4.78 is 42.4. The van der Waals surface area contributed by atoms with Crippen LogP contribution in [0.4, 0.5) is 13.2 Å². The van der Waals surface area contributed by atoms with Crippen molar-refractivity contribution in [2.75, 3.05) is 6.61 Å². The van der Waals surface area contributed by atoms with Gasteiger partial charge in [0, 0.05) is 12.8 Å². The van der Waals surface area contributed by atoms with Crippen molar-refractivity contribution in [3.63, 3.8) is 0 Å². The minimum Gasteiger partial charge on any atom is -0.484 e. The molecule has 0 N–H and O–H groups in total. The van der Waals surface area contributed by atoms with Gasteiger partial charge in [0.05, 0.1) is 0 Å². The molecule has 0 aliphatic rings. The Balaban J connectivity index is 1.94. The Labute approximate surface area is 117 Å². The van der Waals surface area contributed by atoms with Gasteiger partial charge in [-0.1, -0.05) is 23.9 Å². The quantitative estimate of drug-likeness (QED) is 0.794. The average Bonchev–Trinajstić information content (AvgIpc) is 2.79. The third-order valence-corrected chi connectivity index (χ3v) is 3.33. The zero-order chi connectivity index (χ0) is 14.6. The molecule has 0 aliphatic carbocycles. The number of tetrazole rings is 1. The second-order valence-electron chi connectivity index (χ2n) is 3.92. The predicted molar refractivity (Wildman–Crippen MR) is 66.4 cm³/mol. The van der Waals surface area contributed by atoms with Crippen molar-refractivity contribution in [2.24, 2.45) is 7.05 Å². The summed E-state index contributed by atoms with van der Waals surface area (Å²) in [5, 5.41) is 11.6. The first-order valence-corrected chi connectivity index (χ1v) is 6.56. The Morgan fingerprint density at radius 2 is 2.15 bits per heavy atom. The van der Waals surface area contributed by atoms with Crippen LogP contribution in [0.1, 0.15) is 5.56 Å². The summed E-state index contributed by atoms with van der Waals surface area (Å²) in [7, 11) is 1.71. The summed E-state index contributed by atoms with van der Waals surface area (Å²) in [5.74, 6) is 0.730. The third-order valence-electron chi connectivity index (χ3n) is 2.25. The molecule has 0 spiro atoms. The van der Waals surface area contributed by atoms with Crippen LogP contribution < -0.4 is 4.74 Å². The topological polar surface area (TPSA) is 52.8 Å². The maximum absolute atomic E-state index is 12.1. The summed E-state index contributed by atoms with van der Waals surface area (Å²) >= 11 is 1.39. The maximum Gasteiger partial charge on any atom is 0.422 e. The van der Waals surface area contributed by atoms with Crippen LogP contribution in [0.3, 0.4) is 0 Å². The van der Waals surface area contributed by atoms with Gasteiger partial charge in [-0.05, 0) is 28.1 Å². The number of thioether (sulfide) groups is 1. The molecule has 1 aromatic carbocycles. The van der Waals surface area contributed by atoms with Crippen LogP contribution in [0, 0.1) is 0 Å². The smallest absolute Gasteiger partial charge is 0.422 e. The largest absolute Gasteiger partial charge is 0.484 e. The molecular weight excluding hydrogens is 293 g/mol. The van der Waals surface area contributed by atoms with Crippen LogP contribution in [0.2, 0.25) is 0 Å². The van der Waals surface area contributed by atoms with E-state index in [-0.39, 0.29) is 5.75 Å². The monoisotopic (exact) mass is 304 g/mol. The van der Waals surface area contributed by atoms with E-state index in [0.717, 1.165) is 5.56 Å². The lowest BCUT2D eigenvalue weighted by atomic mass is 10.2. The Bertz CT molecular complexity index is 573. The zero-order valence-corrected chi connectivity index (χ0v) is 11.3. The number of nitrogens with zero attached hydrogens (tertiary/aromatic N) is 4. The molecule has 0 aliphatic heterocycles. The van der Waals surface area contributed by atoms with Crippen molar-refractivity contribution in [3.8, 4) is 5.75 Å². The molecule has 2 rings (SSSR count). The van der Waals surface area contributed by atoms with E-state index in [0.29, 0.717) is 10.9 Å². The number of rotatable bonds is 5. The second kappa shape index (κ2) is 6.12. The first-order chi connectivity index (χ1) is 9.44. The summed E-state index contributed by atoms with van der Waals surface area (Å²) in [6.07, 6.45) is -4.34. The molecule has 0 fully saturated rings. The summed E-state index contributed by atoms with van der Waals surface area (Å²) in [6, 6.07) is 6.51. The van der Waals surface area contributed by atoms with Gasteiger partial charge in [0.1, 0.15) is 5.75 Å². The molecule has 1 aromatic heterocycles. The van der Waals surface area contributed by atoms with E-state index in [1.54, 1.807) is 25.2 Å². The van der Waals surface area contributed by atoms with Crippen molar-refractivity contribution >= 4 is 11.8 Å². The number of hydrogen-bond acceptors (Lipinski definition) is 5. The highest BCUT2D eigenvalue weighted by molar-refractivity contribution is 7.98. The summed E-state index contributed by atoms with van der Waals surface area (Å²) in [4.78, 5) is 0. The fourth-order valence-electron chi connectivity index (χ4n) is 1.38. The van der Waals surface area contributed by atoms with Crippen molar-refractivity contribution in [2.45, 2.75) is 17.1 Å². The predicted octanol–water partition coefficient (Wildman–Crippen LogP) is 2.44. The van der Waals surface area contributed by atoms with Crippen molar-refractivity contribution < 1.29 is 17.9 Å². The van der Waals surface area contributed by atoms with Crippen molar-refractivity contribution in [1.29, 1.82) is 0 Å². The van der Waals surface area contributed by atoms with Crippen LogP contribution in [0.5, 0.6) is 5.75 Å². The number of halogens is 3. The standard InChI is InChI=1S/C11H11F3N4OS/c1-18-10(15-16-17-18)20-6-8-3-2-4-9(5-8)19-7-11(12,13)14/h2-5H,6-7H2,1H3. The molecule has 20 heavy (non-hydrogen) atoms. The molecule has 9 heteroatoms. The third kappa shape index (κ3) is 4.41. The number of aromatic nitrogens is 4. The van der Waals surface area contributed by atoms with Crippen LogP contribution in [-0.4, -0.2) is 33.0 Å². The number of aryl methyl sites for hydroxylation is 1. The first-order valence-electron chi connectivity index (χ1n) is 5.58. The molecule has 1 heterocycles. The Morgan fingerprint density at radius 1 is 1.35 bits per heavy atom. The summed E-state index contributed by atoms with van der Waals surface area (Å²) in [5.41, 5.74) is 0.831. The minimum absolute atomic E-state index is 0.191. The molecule has 0 unspecified atom stereocenters. The van der Waals surface area contributed by atoms with Crippen LogP contribution >= 0.6 is 11.8 Å². The van der Waals surface area contributed by atoms with Gasteiger partial charge in [0.2, 0.25) is 5.16 Å². The van der Waals surface area contributed by atoms with Gasteiger partial charge in [0.25, 0.3) is 0 Å². The maximum atomic E-state index is 12.1.